The summed E-state index contributed by atoms with van der Waals surface area (Å²) in [5.74, 6) is 2.37. The zero-order valence-corrected chi connectivity index (χ0v) is 16.9. The Morgan fingerprint density at radius 2 is 2.00 bits per heavy atom. The maximum atomic E-state index is 9.53. The molecule has 0 radical (unpaired) electrons. The Labute approximate surface area is 175 Å². The van der Waals surface area contributed by atoms with Gasteiger partial charge in [0.2, 0.25) is 0 Å². The number of β-amino-alcohol motifs (C(OH)–C–C–N with tert-alkyl or cyclic N) is 1. The summed E-state index contributed by atoms with van der Waals surface area (Å²) in [5, 5.41) is 13.4. The third kappa shape index (κ3) is 3.97. The number of rotatable bonds is 7. The Balaban J connectivity index is 1.66. The van der Waals surface area contributed by atoms with Crippen molar-refractivity contribution in [1.29, 1.82) is 0 Å². The molecule has 0 spiro atoms. The predicted octanol–water partition coefficient (Wildman–Crippen LogP) is 3.71. The van der Waals surface area contributed by atoms with Crippen LogP contribution in [0, 0.1) is 0 Å². The van der Waals surface area contributed by atoms with E-state index in [9.17, 15) is 5.11 Å². The van der Waals surface area contributed by atoms with E-state index in [1.54, 1.807) is 6.20 Å². The average Bonchev–Trinajstić information content (AvgIpc) is 3.35. The first-order chi connectivity index (χ1) is 14.2. The van der Waals surface area contributed by atoms with Crippen molar-refractivity contribution in [1.82, 2.24) is 15.2 Å². The Morgan fingerprint density at radius 3 is 2.69 bits per heavy atom. The van der Waals surface area contributed by atoms with E-state index in [2.05, 4.69) is 10.3 Å². The molecule has 0 saturated carbocycles. The largest absolute Gasteiger partial charge is 0.494 e. The summed E-state index contributed by atoms with van der Waals surface area (Å²) in [5.41, 5.74) is 1.84. The van der Waals surface area contributed by atoms with Crippen LogP contribution in [0.1, 0.15) is 30.5 Å². The lowest BCUT2D eigenvalue weighted by Crippen LogP contribution is -2.32. The monoisotopic (exact) mass is 409 g/mol. The normalized spacial score (nSPS) is 18.7. The molecule has 150 valence electrons. The van der Waals surface area contributed by atoms with Gasteiger partial charge in [-0.1, -0.05) is 6.07 Å². The van der Waals surface area contributed by atoms with Gasteiger partial charge in [-0.2, -0.15) is 0 Å². The standard InChI is InChI=1S/C22H23N3O3S/c1-2-27-16-8-6-15(7-9-16)18-10-11-19(28-18)21-20(17-5-3-4-12-23-17)24-22(29)25(21)13-14-26/h3-12,20-21,26H,2,13-14H2,1H3,(H,24,29)/t20-,21-/m0/s1. The van der Waals surface area contributed by atoms with Crippen molar-refractivity contribution in [3.05, 3.63) is 72.2 Å². The molecule has 29 heavy (non-hydrogen) atoms. The minimum Gasteiger partial charge on any atom is -0.494 e. The van der Waals surface area contributed by atoms with Crippen LogP contribution in [0.3, 0.4) is 0 Å². The predicted molar refractivity (Wildman–Crippen MR) is 115 cm³/mol. The van der Waals surface area contributed by atoms with Gasteiger partial charge in [0.25, 0.3) is 0 Å². The summed E-state index contributed by atoms with van der Waals surface area (Å²) in [4.78, 5) is 6.44. The molecule has 2 N–H and O–H groups in total. The molecule has 1 aliphatic heterocycles. The highest BCUT2D eigenvalue weighted by Crippen LogP contribution is 2.40. The topological polar surface area (TPSA) is 70.8 Å². The highest BCUT2D eigenvalue weighted by atomic mass is 32.1. The minimum atomic E-state index is -0.194. The van der Waals surface area contributed by atoms with E-state index in [4.69, 9.17) is 21.4 Å². The third-order valence-corrected chi connectivity index (χ3v) is 5.26. The maximum absolute atomic E-state index is 9.53. The van der Waals surface area contributed by atoms with Gasteiger partial charge in [0.05, 0.1) is 24.9 Å². The first kappa shape index (κ1) is 19.4. The number of hydrogen-bond acceptors (Lipinski definition) is 5. The van der Waals surface area contributed by atoms with Gasteiger partial charge in [0.1, 0.15) is 23.3 Å². The molecule has 0 bridgehead atoms. The van der Waals surface area contributed by atoms with Gasteiger partial charge < -0.3 is 24.5 Å². The van der Waals surface area contributed by atoms with Crippen LogP contribution in [-0.4, -0.2) is 39.9 Å². The number of furan rings is 1. The Hall–Kier alpha value is -2.90. The zero-order chi connectivity index (χ0) is 20.2. The number of hydrogen-bond donors (Lipinski definition) is 2. The summed E-state index contributed by atoms with van der Waals surface area (Å²) in [7, 11) is 0. The van der Waals surface area contributed by atoms with Crippen LogP contribution >= 0.6 is 12.2 Å². The molecule has 4 rings (SSSR count). The maximum Gasteiger partial charge on any atom is 0.170 e. The number of aromatic nitrogens is 1. The Morgan fingerprint density at radius 1 is 1.17 bits per heavy atom. The van der Waals surface area contributed by atoms with Gasteiger partial charge in [0, 0.05) is 18.3 Å². The molecule has 0 aliphatic carbocycles. The molecule has 3 heterocycles. The zero-order valence-electron chi connectivity index (χ0n) is 16.1. The van der Waals surface area contributed by atoms with Gasteiger partial charge >= 0.3 is 0 Å². The van der Waals surface area contributed by atoms with E-state index in [0.717, 1.165) is 28.5 Å². The van der Waals surface area contributed by atoms with Crippen LogP contribution in [-0.2, 0) is 0 Å². The molecule has 0 unspecified atom stereocenters. The lowest BCUT2D eigenvalue weighted by atomic mass is 10.0. The molecule has 1 aromatic carbocycles. The number of nitrogens with one attached hydrogen (secondary N) is 1. The number of aliphatic hydroxyl groups is 1. The smallest absolute Gasteiger partial charge is 0.170 e. The van der Waals surface area contributed by atoms with Gasteiger partial charge in [-0.15, -0.1) is 0 Å². The summed E-state index contributed by atoms with van der Waals surface area (Å²) in [6.07, 6.45) is 1.76. The quantitative estimate of drug-likeness (QED) is 0.577. The van der Waals surface area contributed by atoms with Gasteiger partial charge in [0.15, 0.2) is 5.11 Å². The van der Waals surface area contributed by atoms with Crippen molar-refractivity contribution < 1.29 is 14.3 Å². The Bertz CT molecular complexity index is 959. The van der Waals surface area contributed by atoms with E-state index in [1.165, 1.54) is 0 Å². The van der Waals surface area contributed by atoms with Gasteiger partial charge in [-0.05, 0) is 67.7 Å². The lowest BCUT2D eigenvalue weighted by Gasteiger charge is -2.25. The number of aliphatic hydroxyl groups excluding tert-OH is 1. The molecule has 1 fully saturated rings. The van der Waals surface area contributed by atoms with Crippen molar-refractivity contribution in [2.24, 2.45) is 0 Å². The van der Waals surface area contributed by atoms with Crippen LogP contribution in [0.2, 0.25) is 0 Å². The molecule has 1 aliphatic rings. The van der Waals surface area contributed by atoms with E-state index in [0.29, 0.717) is 18.3 Å². The second-order valence-corrected chi connectivity index (χ2v) is 7.09. The average molecular weight is 410 g/mol. The van der Waals surface area contributed by atoms with Gasteiger partial charge in [-0.25, -0.2) is 0 Å². The van der Waals surface area contributed by atoms with Crippen molar-refractivity contribution in [2.45, 2.75) is 19.0 Å². The molecular formula is C22H23N3O3S. The number of thiocarbonyl (C=S) groups is 1. The van der Waals surface area contributed by atoms with Crippen LogP contribution < -0.4 is 10.1 Å². The molecular weight excluding hydrogens is 386 g/mol. The SMILES string of the molecule is CCOc1ccc(-c2ccc([C@H]3[C@H](c4ccccn4)NC(=S)N3CCO)o2)cc1. The molecule has 7 heteroatoms. The van der Waals surface area contributed by atoms with Crippen LogP contribution in [0.15, 0.2) is 65.2 Å². The van der Waals surface area contributed by atoms with E-state index in [1.807, 2.05) is 66.4 Å². The molecule has 3 aromatic rings. The second kappa shape index (κ2) is 8.63. The van der Waals surface area contributed by atoms with Gasteiger partial charge in [-0.3, -0.25) is 4.98 Å². The number of ether oxygens (including phenoxy) is 1. The molecule has 2 atom stereocenters. The lowest BCUT2D eigenvalue weighted by molar-refractivity contribution is 0.209. The van der Waals surface area contributed by atoms with Crippen LogP contribution in [0.5, 0.6) is 5.75 Å². The minimum absolute atomic E-state index is 0.000283. The Kier molecular flexibility index (Phi) is 5.78. The number of pyridine rings is 1. The first-order valence-electron chi connectivity index (χ1n) is 9.63. The van der Waals surface area contributed by atoms with Crippen molar-refractivity contribution in [3.8, 4) is 17.1 Å². The first-order valence-corrected chi connectivity index (χ1v) is 10.0. The van der Waals surface area contributed by atoms with Crippen molar-refractivity contribution in [2.75, 3.05) is 19.8 Å². The summed E-state index contributed by atoms with van der Waals surface area (Å²) < 4.78 is 11.7. The molecule has 1 saturated heterocycles. The fraction of sp³-hybridized carbons (Fsp3) is 0.273. The molecule has 6 nitrogen and oxygen atoms in total. The van der Waals surface area contributed by atoms with E-state index in [-0.39, 0.29) is 18.7 Å². The number of benzene rings is 1. The summed E-state index contributed by atoms with van der Waals surface area (Å²) in [6.45, 7) is 3.01. The fourth-order valence-corrected chi connectivity index (χ4v) is 3.94. The van der Waals surface area contributed by atoms with Crippen LogP contribution in [0.4, 0.5) is 0 Å². The van der Waals surface area contributed by atoms with E-state index >= 15 is 0 Å². The van der Waals surface area contributed by atoms with Crippen LogP contribution in [0.25, 0.3) is 11.3 Å². The highest BCUT2D eigenvalue weighted by molar-refractivity contribution is 7.80. The number of nitrogens with zero attached hydrogens (tertiary/aromatic N) is 2. The van der Waals surface area contributed by atoms with E-state index < -0.39 is 0 Å². The summed E-state index contributed by atoms with van der Waals surface area (Å²) in [6, 6.07) is 17.2. The summed E-state index contributed by atoms with van der Waals surface area (Å²) >= 11 is 5.52. The third-order valence-electron chi connectivity index (χ3n) is 4.91. The van der Waals surface area contributed by atoms with Crippen molar-refractivity contribution in [3.63, 3.8) is 0 Å². The van der Waals surface area contributed by atoms with Crippen molar-refractivity contribution >= 4 is 17.3 Å². The fourth-order valence-electron chi connectivity index (χ4n) is 3.61. The second-order valence-electron chi connectivity index (χ2n) is 6.70. The highest BCUT2D eigenvalue weighted by Gasteiger charge is 2.41. The molecule has 2 aromatic heterocycles. The molecule has 0 amide bonds.